The molecule has 0 fully saturated rings. The van der Waals surface area contributed by atoms with Gasteiger partial charge in [0.25, 0.3) is 5.91 Å². The summed E-state index contributed by atoms with van der Waals surface area (Å²) < 4.78 is 5.10. The Morgan fingerprint density at radius 1 is 0.966 bits per heavy atom. The summed E-state index contributed by atoms with van der Waals surface area (Å²) in [5.41, 5.74) is 0.941. The molecule has 0 aliphatic carbocycles. The van der Waals surface area contributed by atoms with Crippen LogP contribution < -0.4 is 16.0 Å². The molecule has 0 unspecified atom stereocenters. The summed E-state index contributed by atoms with van der Waals surface area (Å²) in [5.74, 6) is -0.561. The average molecular weight is 418 g/mol. The molecule has 0 heterocycles. The number of nitrogens with one attached hydrogen (secondary N) is 3. The zero-order valence-electron chi connectivity index (χ0n) is 16.5. The Labute approximate surface area is 174 Å². The molecular weight excluding hydrogens is 394 g/mol. The highest BCUT2D eigenvalue weighted by Crippen LogP contribution is 2.17. The molecule has 0 aromatic heterocycles. The minimum Gasteiger partial charge on any atom is -0.444 e. The van der Waals surface area contributed by atoms with Crippen molar-refractivity contribution >= 4 is 40.9 Å². The van der Waals surface area contributed by atoms with Crippen LogP contribution in [0.4, 0.5) is 16.2 Å². The monoisotopic (exact) mass is 417 g/mol. The molecule has 0 saturated heterocycles. The van der Waals surface area contributed by atoms with Crippen molar-refractivity contribution in [2.24, 2.45) is 0 Å². The largest absolute Gasteiger partial charge is 0.444 e. The highest BCUT2D eigenvalue weighted by molar-refractivity contribution is 6.30. The summed E-state index contributed by atoms with van der Waals surface area (Å²) >= 11 is 5.83. The third-order valence-corrected chi connectivity index (χ3v) is 3.78. The lowest BCUT2D eigenvalue weighted by molar-refractivity contribution is -0.116. The first kappa shape index (κ1) is 22.2. The number of rotatable bonds is 6. The number of amides is 3. The summed E-state index contributed by atoms with van der Waals surface area (Å²) in [5, 5.41) is 8.56. The molecule has 0 aliphatic rings. The summed E-state index contributed by atoms with van der Waals surface area (Å²) in [6, 6.07) is 13.3. The van der Waals surface area contributed by atoms with Crippen molar-refractivity contribution in [1.82, 2.24) is 5.32 Å². The molecule has 2 aromatic rings. The number of carbonyl (C=O) groups is 3. The lowest BCUT2D eigenvalue weighted by Gasteiger charge is -2.19. The zero-order valence-corrected chi connectivity index (χ0v) is 17.3. The molecule has 29 heavy (non-hydrogen) atoms. The normalized spacial score (nSPS) is 10.8. The van der Waals surface area contributed by atoms with Crippen molar-refractivity contribution in [3.8, 4) is 0 Å². The van der Waals surface area contributed by atoms with E-state index in [0.717, 1.165) is 0 Å². The topological polar surface area (TPSA) is 96.5 Å². The maximum absolute atomic E-state index is 12.3. The van der Waals surface area contributed by atoms with Crippen LogP contribution in [0.1, 0.15) is 37.6 Å². The molecule has 0 atom stereocenters. The lowest BCUT2D eigenvalue weighted by Crippen LogP contribution is -2.34. The van der Waals surface area contributed by atoms with Crippen molar-refractivity contribution in [3.05, 3.63) is 59.1 Å². The van der Waals surface area contributed by atoms with E-state index in [2.05, 4.69) is 16.0 Å². The summed E-state index contributed by atoms with van der Waals surface area (Å²) in [7, 11) is 0. The Kier molecular flexibility index (Phi) is 7.61. The van der Waals surface area contributed by atoms with Gasteiger partial charge in [-0.1, -0.05) is 17.7 Å². The molecule has 0 bridgehead atoms. The molecular formula is C21H24ClN3O4. The van der Waals surface area contributed by atoms with E-state index in [-0.39, 0.29) is 24.8 Å². The standard InChI is InChI=1S/C21H24ClN3O4/c1-21(2,3)29-20(28)23-12-11-18(26)24-16-5-4-6-17(13-16)25-19(27)14-7-9-15(22)10-8-14/h4-10,13H,11-12H2,1-3H3,(H,23,28)(H,24,26)(H,25,27). The number of halogens is 1. The third-order valence-electron chi connectivity index (χ3n) is 3.53. The van der Waals surface area contributed by atoms with Crippen LogP contribution in [0, 0.1) is 0 Å². The first-order valence-corrected chi connectivity index (χ1v) is 9.44. The van der Waals surface area contributed by atoms with Crippen LogP contribution in [0.3, 0.4) is 0 Å². The summed E-state index contributed by atoms with van der Waals surface area (Å²) in [4.78, 5) is 35.9. The van der Waals surface area contributed by atoms with Crippen molar-refractivity contribution < 1.29 is 19.1 Å². The minimum atomic E-state index is -0.594. The number of anilines is 2. The van der Waals surface area contributed by atoms with Gasteiger partial charge in [-0.2, -0.15) is 0 Å². The van der Waals surface area contributed by atoms with E-state index in [9.17, 15) is 14.4 Å². The Hall–Kier alpha value is -3.06. The number of hydrogen-bond donors (Lipinski definition) is 3. The predicted molar refractivity (Wildman–Crippen MR) is 113 cm³/mol. The van der Waals surface area contributed by atoms with Crippen LogP contribution in [0.2, 0.25) is 5.02 Å². The van der Waals surface area contributed by atoms with Gasteiger partial charge in [0.05, 0.1) is 0 Å². The van der Waals surface area contributed by atoms with Crippen LogP contribution in [0.25, 0.3) is 0 Å². The maximum atomic E-state index is 12.3. The average Bonchev–Trinajstić information content (AvgIpc) is 2.61. The molecule has 8 heteroatoms. The van der Waals surface area contributed by atoms with Gasteiger partial charge in [-0.05, 0) is 63.2 Å². The Balaban J connectivity index is 1.84. The molecule has 0 spiro atoms. The number of carbonyl (C=O) groups excluding carboxylic acids is 3. The van der Waals surface area contributed by atoms with Crippen molar-refractivity contribution in [3.63, 3.8) is 0 Å². The number of alkyl carbamates (subject to hydrolysis) is 1. The van der Waals surface area contributed by atoms with Crippen LogP contribution in [-0.2, 0) is 9.53 Å². The Bertz CT molecular complexity index is 876. The highest BCUT2D eigenvalue weighted by atomic mass is 35.5. The Morgan fingerprint density at radius 3 is 2.21 bits per heavy atom. The maximum Gasteiger partial charge on any atom is 0.407 e. The molecule has 0 aliphatic heterocycles. The number of ether oxygens (including phenoxy) is 1. The third kappa shape index (κ3) is 8.23. The van der Waals surface area contributed by atoms with Crippen LogP contribution >= 0.6 is 11.6 Å². The molecule has 0 saturated carbocycles. The minimum absolute atomic E-state index is 0.0839. The Morgan fingerprint density at radius 2 is 1.59 bits per heavy atom. The predicted octanol–water partition coefficient (Wildman–Crippen LogP) is 4.45. The summed E-state index contributed by atoms with van der Waals surface area (Å²) in [6.45, 7) is 5.43. The van der Waals surface area contributed by atoms with Gasteiger partial charge in [-0.15, -0.1) is 0 Å². The molecule has 2 rings (SSSR count). The first-order chi connectivity index (χ1) is 13.6. The molecule has 3 N–H and O–H groups in total. The molecule has 3 amide bonds. The fraction of sp³-hybridized carbons (Fsp3) is 0.286. The van der Waals surface area contributed by atoms with E-state index in [1.165, 1.54) is 0 Å². The van der Waals surface area contributed by atoms with Gasteiger partial charge in [-0.25, -0.2) is 4.79 Å². The van der Waals surface area contributed by atoms with Crippen LogP contribution in [0.5, 0.6) is 0 Å². The van der Waals surface area contributed by atoms with Crippen molar-refractivity contribution in [2.45, 2.75) is 32.8 Å². The van der Waals surface area contributed by atoms with E-state index >= 15 is 0 Å². The second-order valence-electron chi connectivity index (χ2n) is 7.27. The van der Waals surface area contributed by atoms with Gasteiger partial charge < -0.3 is 20.7 Å². The van der Waals surface area contributed by atoms with Gasteiger partial charge in [0.1, 0.15) is 5.60 Å². The van der Waals surface area contributed by atoms with E-state index in [1.807, 2.05) is 0 Å². The smallest absolute Gasteiger partial charge is 0.407 e. The molecule has 0 radical (unpaired) electrons. The number of benzene rings is 2. The molecule has 154 valence electrons. The second kappa shape index (κ2) is 9.93. The molecule has 2 aromatic carbocycles. The van der Waals surface area contributed by atoms with E-state index in [0.29, 0.717) is 22.0 Å². The van der Waals surface area contributed by atoms with Gasteiger partial charge in [0, 0.05) is 34.9 Å². The van der Waals surface area contributed by atoms with Crippen molar-refractivity contribution in [1.29, 1.82) is 0 Å². The van der Waals surface area contributed by atoms with Gasteiger partial charge in [0.15, 0.2) is 0 Å². The highest BCUT2D eigenvalue weighted by Gasteiger charge is 2.16. The van der Waals surface area contributed by atoms with Gasteiger partial charge >= 0.3 is 6.09 Å². The van der Waals surface area contributed by atoms with Gasteiger partial charge in [-0.3, -0.25) is 9.59 Å². The SMILES string of the molecule is CC(C)(C)OC(=O)NCCC(=O)Nc1cccc(NC(=O)c2ccc(Cl)cc2)c1. The zero-order chi connectivity index (χ0) is 21.4. The van der Waals surface area contributed by atoms with E-state index < -0.39 is 11.7 Å². The van der Waals surface area contributed by atoms with Crippen molar-refractivity contribution in [2.75, 3.05) is 17.2 Å². The van der Waals surface area contributed by atoms with E-state index in [1.54, 1.807) is 69.3 Å². The first-order valence-electron chi connectivity index (χ1n) is 9.06. The van der Waals surface area contributed by atoms with Crippen LogP contribution in [0.15, 0.2) is 48.5 Å². The second-order valence-corrected chi connectivity index (χ2v) is 7.71. The fourth-order valence-corrected chi connectivity index (χ4v) is 2.42. The lowest BCUT2D eigenvalue weighted by atomic mass is 10.2. The van der Waals surface area contributed by atoms with E-state index in [4.69, 9.17) is 16.3 Å². The van der Waals surface area contributed by atoms with Gasteiger partial charge in [0.2, 0.25) is 5.91 Å². The number of hydrogen-bond acceptors (Lipinski definition) is 4. The summed E-state index contributed by atoms with van der Waals surface area (Å²) in [6.07, 6.45) is -0.488. The van der Waals surface area contributed by atoms with Crippen LogP contribution in [-0.4, -0.2) is 30.1 Å². The quantitative estimate of drug-likeness (QED) is 0.647. The fourth-order valence-electron chi connectivity index (χ4n) is 2.29. The molecule has 7 nitrogen and oxygen atoms in total.